The first-order valence-electron chi connectivity index (χ1n) is 7.33. The molecule has 1 aliphatic heterocycles. The van der Waals surface area contributed by atoms with Gasteiger partial charge in [-0.2, -0.15) is 0 Å². The number of halogens is 1. The summed E-state index contributed by atoms with van der Waals surface area (Å²) in [7, 11) is 0. The summed E-state index contributed by atoms with van der Waals surface area (Å²) >= 11 is 1.00. The van der Waals surface area contributed by atoms with Crippen LogP contribution in [0.4, 0.5) is 4.39 Å². The normalized spacial score (nSPS) is 15.5. The Labute approximate surface area is 136 Å². The molecule has 0 atom stereocenters. The number of hydrogen-bond acceptors (Lipinski definition) is 5. The summed E-state index contributed by atoms with van der Waals surface area (Å²) in [5, 5.41) is 9.43. The number of aromatic nitrogens is 1. The lowest BCUT2D eigenvalue weighted by Crippen LogP contribution is -2.21. The number of carbonyl (C=O) groups is 1. The molecule has 0 saturated carbocycles. The van der Waals surface area contributed by atoms with Gasteiger partial charge in [0, 0.05) is 13.2 Å². The summed E-state index contributed by atoms with van der Waals surface area (Å²) < 4.78 is 24.8. The number of carboxylic acid groups (broad SMARTS) is 1. The van der Waals surface area contributed by atoms with Crippen molar-refractivity contribution in [3.05, 3.63) is 35.1 Å². The fourth-order valence-corrected chi connectivity index (χ4v) is 3.19. The Kier molecular flexibility index (Phi) is 4.88. The summed E-state index contributed by atoms with van der Waals surface area (Å²) in [6.07, 6.45) is 3.16. The minimum absolute atomic E-state index is 0.111. The summed E-state index contributed by atoms with van der Waals surface area (Å²) in [5.74, 6) is -0.531. The van der Waals surface area contributed by atoms with Crippen molar-refractivity contribution < 1.29 is 23.8 Å². The minimum Gasteiger partial charge on any atom is -0.493 e. The van der Waals surface area contributed by atoms with Gasteiger partial charge in [-0.05, 0) is 37.0 Å². The SMILES string of the molecule is O=C(O)c1cnc(-c2cc(F)ccc2OCC2CCOCC2)s1. The number of carboxylic acids is 1. The van der Waals surface area contributed by atoms with E-state index in [4.69, 9.17) is 14.6 Å². The first-order valence-corrected chi connectivity index (χ1v) is 8.14. The zero-order valence-corrected chi connectivity index (χ0v) is 13.1. The maximum absolute atomic E-state index is 13.6. The molecule has 0 aliphatic carbocycles. The number of rotatable bonds is 5. The zero-order valence-electron chi connectivity index (χ0n) is 12.3. The first-order chi connectivity index (χ1) is 11.1. The zero-order chi connectivity index (χ0) is 16.2. The summed E-state index contributed by atoms with van der Waals surface area (Å²) in [6, 6.07) is 4.21. The number of aromatic carboxylic acids is 1. The summed E-state index contributed by atoms with van der Waals surface area (Å²) in [4.78, 5) is 15.2. The van der Waals surface area contributed by atoms with E-state index in [2.05, 4.69) is 4.98 Å². The molecule has 2 aromatic rings. The lowest BCUT2D eigenvalue weighted by Gasteiger charge is -2.22. The Morgan fingerprint density at radius 2 is 2.22 bits per heavy atom. The lowest BCUT2D eigenvalue weighted by atomic mass is 10.0. The Hall–Kier alpha value is -1.99. The highest BCUT2D eigenvalue weighted by Crippen LogP contribution is 2.34. The van der Waals surface area contributed by atoms with E-state index in [1.807, 2.05) is 0 Å². The number of benzene rings is 1. The molecule has 1 fully saturated rings. The molecule has 1 aromatic carbocycles. The smallest absolute Gasteiger partial charge is 0.347 e. The molecule has 0 spiro atoms. The summed E-state index contributed by atoms with van der Waals surface area (Å²) in [6.45, 7) is 2.00. The number of ether oxygens (including phenoxy) is 2. The van der Waals surface area contributed by atoms with Crippen molar-refractivity contribution in [3.8, 4) is 16.3 Å². The molecule has 1 aromatic heterocycles. The lowest BCUT2D eigenvalue weighted by molar-refractivity contribution is 0.0498. The molecule has 0 radical (unpaired) electrons. The van der Waals surface area contributed by atoms with Gasteiger partial charge in [0.05, 0.1) is 18.4 Å². The average molecular weight is 337 g/mol. The van der Waals surface area contributed by atoms with Crippen LogP contribution in [0, 0.1) is 11.7 Å². The Balaban J connectivity index is 1.80. The quantitative estimate of drug-likeness (QED) is 0.905. The van der Waals surface area contributed by atoms with Gasteiger partial charge in [0.2, 0.25) is 0 Å². The molecule has 1 aliphatic rings. The Morgan fingerprint density at radius 1 is 1.43 bits per heavy atom. The minimum atomic E-state index is -1.05. The molecule has 7 heteroatoms. The van der Waals surface area contributed by atoms with Crippen molar-refractivity contribution >= 4 is 17.3 Å². The molecule has 1 saturated heterocycles. The van der Waals surface area contributed by atoms with Crippen molar-refractivity contribution in [1.82, 2.24) is 4.98 Å². The highest BCUT2D eigenvalue weighted by Gasteiger charge is 2.18. The molecular formula is C16H16FNO4S. The van der Waals surface area contributed by atoms with E-state index in [1.54, 1.807) is 6.07 Å². The van der Waals surface area contributed by atoms with Crippen LogP contribution in [0.3, 0.4) is 0 Å². The first kappa shape index (κ1) is 15.9. The van der Waals surface area contributed by atoms with Crippen LogP contribution in [0.5, 0.6) is 5.75 Å². The van der Waals surface area contributed by atoms with Crippen molar-refractivity contribution in [2.75, 3.05) is 19.8 Å². The van der Waals surface area contributed by atoms with E-state index in [1.165, 1.54) is 18.3 Å². The molecule has 1 N–H and O–H groups in total. The summed E-state index contributed by atoms with van der Waals surface area (Å²) in [5.41, 5.74) is 0.481. The maximum atomic E-state index is 13.6. The van der Waals surface area contributed by atoms with E-state index in [-0.39, 0.29) is 4.88 Å². The van der Waals surface area contributed by atoms with Crippen LogP contribution in [0.25, 0.3) is 10.6 Å². The fourth-order valence-electron chi connectivity index (χ4n) is 2.41. The molecule has 5 nitrogen and oxygen atoms in total. The van der Waals surface area contributed by atoms with Crippen molar-refractivity contribution in [3.63, 3.8) is 0 Å². The van der Waals surface area contributed by atoms with Gasteiger partial charge in [-0.3, -0.25) is 0 Å². The van der Waals surface area contributed by atoms with Gasteiger partial charge < -0.3 is 14.6 Å². The fraction of sp³-hybridized carbons (Fsp3) is 0.375. The third-order valence-electron chi connectivity index (χ3n) is 3.70. The molecule has 2 heterocycles. The molecule has 23 heavy (non-hydrogen) atoms. The van der Waals surface area contributed by atoms with Gasteiger partial charge >= 0.3 is 5.97 Å². The number of hydrogen-bond donors (Lipinski definition) is 1. The Morgan fingerprint density at radius 3 is 2.91 bits per heavy atom. The van der Waals surface area contributed by atoms with E-state index >= 15 is 0 Å². The standard InChI is InChI=1S/C16H16FNO4S/c17-11-1-2-13(22-9-10-3-5-21-6-4-10)12(7-11)15-18-8-14(23-15)16(19)20/h1-2,7-8,10H,3-6,9H2,(H,19,20). The van der Waals surface area contributed by atoms with Crippen LogP contribution in [-0.4, -0.2) is 35.9 Å². The van der Waals surface area contributed by atoms with Gasteiger partial charge in [-0.1, -0.05) is 0 Å². The van der Waals surface area contributed by atoms with E-state index in [0.717, 1.165) is 37.4 Å². The molecule has 0 unspecified atom stereocenters. The predicted molar refractivity (Wildman–Crippen MR) is 83.5 cm³/mol. The van der Waals surface area contributed by atoms with Gasteiger partial charge in [0.1, 0.15) is 21.5 Å². The van der Waals surface area contributed by atoms with Crippen molar-refractivity contribution in [2.45, 2.75) is 12.8 Å². The third kappa shape index (κ3) is 3.86. The van der Waals surface area contributed by atoms with Crippen molar-refractivity contribution in [2.24, 2.45) is 5.92 Å². The molecular weight excluding hydrogens is 321 g/mol. The third-order valence-corrected chi connectivity index (χ3v) is 4.72. The highest BCUT2D eigenvalue weighted by atomic mass is 32.1. The predicted octanol–water partition coefficient (Wildman–Crippen LogP) is 3.45. The Bertz CT molecular complexity index is 697. The van der Waals surface area contributed by atoms with Gasteiger partial charge in [0.25, 0.3) is 0 Å². The monoisotopic (exact) mass is 337 g/mol. The number of nitrogens with zero attached hydrogens (tertiary/aromatic N) is 1. The van der Waals surface area contributed by atoms with Crippen LogP contribution >= 0.6 is 11.3 Å². The maximum Gasteiger partial charge on any atom is 0.347 e. The van der Waals surface area contributed by atoms with Crippen molar-refractivity contribution in [1.29, 1.82) is 0 Å². The molecule has 3 rings (SSSR count). The highest BCUT2D eigenvalue weighted by molar-refractivity contribution is 7.16. The number of thiazole rings is 1. The molecule has 0 amide bonds. The van der Waals surface area contributed by atoms with Crippen LogP contribution < -0.4 is 4.74 Å². The van der Waals surface area contributed by atoms with E-state index < -0.39 is 11.8 Å². The molecule has 122 valence electrons. The van der Waals surface area contributed by atoms with Gasteiger partial charge in [0.15, 0.2) is 0 Å². The second kappa shape index (κ2) is 7.06. The second-order valence-corrected chi connectivity index (χ2v) is 6.37. The van der Waals surface area contributed by atoms with E-state index in [0.29, 0.717) is 28.8 Å². The molecule has 0 bridgehead atoms. The van der Waals surface area contributed by atoms with Crippen LogP contribution in [0.1, 0.15) is 22.5 Å². The second-order valence-electron chi connectivity index (χ2n) is 5.34. The van der Waals surface area contributed by atoms with Crippen LogP contribution in [0.15, 0.2) is 24.4 Å². The van der Waals surface area contributed by atoms with E-state index in [9.17, 15) is 9.18 Å². The van der Waals surface area contributed by atoms with Gasteiger partial charge in [-0.25, -0.2) is 14.2 Å². The van der Waals surface area contributed by atoms with Crippen LogP contribution in [0.2, 0.25) is 0 Å². The average Bonchev–Trinajstić information content (AvgIpc) is 3.05. The van der Waals surface area contributed by atoms with Crippen LogP contribution in [-0.2, 0) is 4.74 Å². The topological polar surface area (TPSA) is 68.7 Å². The largest absolute Gasteiger partial charge is 0.493 e. The van der Waals surface area contributed by atoms with Gasteiger partial charge in [-0.15, -0.1) is 11.3 Å².